The van der Waals surface area contributed by atoms with E-state index in [1.807, 2.05) is 0 Å². The molecule has 1 N–H and O–H groups in total. The second-order valence-corrected chi connectivity index (χ2v) is 8.13. The molecule has 2 aliphatic rings. The van der Waals surface area contributed by atoms with E-state index in [1.54, 1.807) is 36.2 Å². The van der Waals surface area contributed by atoms with Crippen LogP contribution in [-0.2, 0) is 9.84 Å². The summed E-state index contributed by atoms with van der Waals surface area (Å²) in [5.41, 5.74) is 1.22. The molecule has 0 saturated carbocycles. The molecule has 0 radical (unpaired) electrons. The minimum absolute atomic E-state index is 0.0290. The van der Waals surface area contributed by atoms with Gasteiger partial charge in [0.15, 0.2) is 9.84 Å². The lowest BCUT2D eigenvalue weighted by molar-refractivity contribution is 0.0747. The fraction of sp³-hybridized carbons (Fsp3) is 0.467. The van der Waals surface area contributed by atoms with Crippen molar-refractivity contribution in [2.75, 3.05) is 36.5 Å². The molecule has 0 bridgehead atoms. The minimum atomic E-state index is -3.03. The first-order chi connectivity index (χ1) is 10.9. The molecule has 8 heteroatoms. The van der Waals surface area contributed by atoms with Crippen molar-refractivity contribution in [3.8, 4) is 0 Å². The first-order valence-corrected chi connectivity index (χ1v) is 9.32. The summed E-state index contributed by atoms with van der Waals surface area (Å²) < 4.78 is 23.1. The number of hydrogen-bond acceptors (Lipinski definition) is 4. The Labute approximate surface area is 135 Å². The lowest BCUT2D eigenvalue weighted by Crippen LogP contribution is -2.37. The number of amides is 3. The van der Waals surface area contributed by atoms with E-state index in [-0.39, 0.29) is 29.5 Å². The van der Waals surface area contributed by atoms with Crippen molar-refractivity contribution in [2.24, 2.45) is 0 Å². The molecule has 1 aromatic rings. The topological polar surface area (TPSA) is 86.8 Å². The van der Waals surface area contributed by atoms with Crippen LogP contribution in [0.1, 0.15) is 16.8 Å². The molecule has 7 nitrogen and oxygen atoms in total. The molecule has 2 aliphatic heterocycles. The minimum Gasteiger partial charge on any atom is -0.338 e. The van der Waals surface area contributed by atoms with Crippen LogP contribution in [0.3, 0.4) is 0 Å². The van der Waals surface area contributed by atoms with Crippen LogP contribution in [0.25, 0.3) is 0 Å². The van der Waals surface area contributed by atoms with E-state index < -0.39 is 9.84 Å². The van der Waals surface area contributed by atoms with Crippen molar-refractivity contribution in [3.63, 3.8) is 0 Å². The van der Waals surface area contributed by atoms with Gasteiger partial charge in [-0.1, -0.05) is 0 Å². The van der Waals surface area contributed by atoms with E-state index in [1.165, 1.54) is 4.90 Å². The van der Waals surface area contributed by atoms with Crippen molar-refractivity contribution in [1.29, 1.82) is 0 Å². The van der Waals surface area contributed by atoms with Gasteiger partial charge in [-0.2, -0.15) is 0 Å². The summed E-state index contributed by atoms with van der Waals surface area (Å²) in [6.45, 7) is 1.21. The van der Waals surface area contributed by atoms with Gasteiger partial charge in [0, 0.05) is 37.4 Å². The van der Waals surface area contributed by atoms with Crippen LogP contribution in [-0.4, -0.2) is 62.9 Å². The lowest BCUT2D eigenvalue weighted by atomic mass is 10.1. The van der Waals surface area contributed by atoms with Gasteiger partial charge in [-0.05, 0) is 30.7 Å². The molecule has 0 aliphatic carbocycles. The number of carbonyl (C=O) groups excluding carboxylic acids is 2. The molecule has 23 heavy (non-hydrogen) atoms. The van der Waals surface area contributed by atoms with Crippen LogP contribution in [0.2, 0.25) is 0 Å². The summed E-state index contributed by atoms with van der Waals surface area (Å²) >= 11 is 0. The van der Waals surface area contributed by atoms with E-state index in [4.69, 9.17) is 0 Å². The number of nitrogens with one attached hydrogen (secondary N) is 1. The van der Waals surface area contributed by atoms with E-state index >= 15 is 0 Å². The fourth-order valence-electron chi connectivity index (χ4n) is 2.95. The van der Waals surface area contributed by atoms with Gasteiger partial charge in [0.1, 0.15) is 0 Å². The number of urea groups is 1. The van der Waals surface area contributed by atoms with Gasteiger partial charge < -0.3 is 10.2 Å². The average molecular weight is 337 g/mol. The zero-order chi connectivity index (χ0) is 16.6. The largest absolute Gasteiger partial charge is 0.338 e. The third kappa shape index (κ3) is 3.17. The van der Waals surface area contributed by atoms with E-state index in [0.29, 0.717) is 25.1 Å². The number of benzene rings is 1. The molecule has 2 fully saturated rings. The highest BCUT2D eigenvalue weighted by Gasteiger charge is 2.33. The number of carbonyl (C=O) groups is 2. The molecule has 0 aromatic heterocycles. The Kier molecular flexibility index (Phi) is 4.01. The lowest BCUT2D eigenvalue weighted by Gasteiger charge is -2.23. The molecule has 2 saturated heterocycles. The van der Waals surface area contributed by atoms with Gasteiger partial charge in [-0.3, -0.25) is 9.69 Å². The smallest absolute Gasteiger partial charge is 0.321 e. The Hall–Kier alpha value is -2.09. The summed E-state index contributed by atoms with van der Waals surface area (Å²) in [7, 11) is -1.39. The average Bonchev–Trinajstić information content (AvgIpc) is 3.11. The predicted octanol–water partition coefficient (Wildman–Crippen LogP) is 0.475. The number of hydrogen-bond donors (Lipinski definition) is 1. The van der Waals surface area contributed by atoms with Crippen LogP contribution in [0.5, 0.6) is 0 Å². The molecule has 1 atom stereocenters. The van der Waals surface area contributed by atoms with Gasteiger partial charge in [0.25, 0.3) is 5.91 Å². The molecular weight excluding hydrogens is 318 g/mol. The Bertz CT molecular complexity index is 730. The highest BCUT2D eigenvalue weighted by Crippen LogP contribution is 2.21. The van der Waals surface area contributed by atoms with Crippen molar-refractivity contribution < 1.29 is 18.0 Å². The summed E-state index contributed by atoms with van der Waals surface area (Å²) in [4.78, 5) is 27.2. The van der Waals surface area contributed by atoms with Crippen LogP contribution >= 0.6 is 0 Å². The molecule has 1 aromatic carbocycles. The van der Waals surface area contributed by atoms with Crippen molar-refractivity contribution in [1.82, 2.24) is 10.2 Å². The Morgan fingerprint density at radius 2 is 2.00 bits per heavy atom. The first kappa shape index (κ1) is 15.8. The molecule has 3 rings (SSSR count). The highest BCUT2D eigenvalue weighted by molar-refractivity contribution is 7.91. The summed E-state index contributed by atoms with van der Waals surface area (Å²) in [6.07, 6.45) is 0.483. The molecule has 0 unspecified atom stereocenters. The monoisotopic (exact) mass is 337 g/mol. The highest BCUT2D eigenvalue weighted by atomic mass is 32.2. The first-order valence-electron chi connectivity index (χ1n) is 7.50. The summed E-state index contributed by atoms with van der Waals surface area (Å²) in [5.74, 6) is -0.0379. The number of rotatable bonds is 3. The molecule has 3 amide bonds. The second kappa shape index (κ2) is 5.84. The fourth-order valence-corrected chi connectivity index (χ4v) is 4.73. The number of anilines is 1. The maximum Gasteiger partial charge on any atom is 0.321 e. The van der Waals surface area contributed by atoms with Gasteiger partial charge >= 0.3 is 6.03 Å². The normalized spacial score (nSPS) is 22.9. The predicted molar refractivity (Wildman–Crippen MR) is 86.3 cm³/mol. The van der Waals surface area contributed by atoms with Crippen molar-refractivity contribution in [2.45, 2.75) is 12.5 Å². The van der Waals surface area contributed by atoms with E-state index in [9.17, 15) is 18.0 Å². The maximum atomic E-state index is 12.5. The zero-order valence-corrected chi connectivity index (χ0v) is 13.7. The van der Waals surface area contributed by atoms with Gasteiger partial charge in [0.2, 0.25) is 0 Å². The molecule has 2 heterocycles. The summed E-state index contributed by atoms with van der Waals surface area (Å²) in [5, 5.41) is 2.72. The standard InChI is InChI=1S/C15H19N3O4S/c1-17(13-6-9-23(21,22)10-13)14(19)11-2-4-12(5-3-11)18-8-7-16-15(18)20/h2-5,13H,6-10H2,1H3,(H,16,20)/t13-/m0/s1. The third-order valence-electron chi connectivity index (χ3n) is 4.36. The number of nitrogens with zero attached hydrogens (tertiary/aromatic N) is 2. The van der Waals surface area contributed by atoms with Crippen molar-refractivity contribution >= 4 is 27.5 Å². The maximum absolute atomic E-state index is 12.5. The zero-order valence-electron chi connectivity index (χ0n) is 12.9. The molecule has 124 valence electrons. The number of sulfone groups is 1. The van der Waals surface area contributed by atoms with Crippen molar-refractivity contribution in [3.05, 3.63) is 29.8 Å². The van der Waals surface area contributed by atoms with Crippen LogP contribution < -0.4 is 10.2 Å². The SMILES string of the molecule is CN(C(=O)c1ccc(N2CCNC2=O)cc1)[C@H]1CCS(=O)(=O)C1. The van der Waals surface area contributed by atoms with Gasteiger partial charge in [-0.25, -0.2) is 13.2 Å². The third-order valence-corrected chi connectivity index (χ3v) is 6.11. The van der Waals surface area contributed by atoms with E-state index in [0.717, 1.165) is 5.69 Å². The van der Waals surface area contributed by atoms with E-state index in [2.05, 4.69) is 5.32 Å². The summed E-state index contributed by atoms with van der Waals surface area (Å²) in [6, 6.07) is 6.40. The Morgan fingerprint density at radius 1 is 1.30 bits per heavy atom. The quantitative estimate of drug-likeness (QED) is 0.869. The van der Waals surface area contributed by atoms with Gasteiger partial charge in [0.05, 0.1) is 11.5 Å². The Morgan fingerprint density at radius 3 is 2.52 bits per heavy atom. The van der Waals surface area contributed by atoms with Crippen LogP contribution in [0, 0.1) is 0 Å². The second-order valence-electron chi connectivity index (χ2n) is 5.90. The molecular formula is C15H19N3O4S. The Balaban J connectivity index is 1.71. The molecule has 0 spiro atoms. The van der Waals surface area contributed by atoms with Gasteiger partial charge in [-0.15, -0.1) is 0 Å². The van der Waals surface area contributed by atoms with Crippen LogP contribution in [0.4, 0.5) is 10.5 Å². The van der Waals surface area contributed by atoms with Crippen LogP contribution in [0.15, 0.2) is 24.3 Å².